The number of ether oxygens (including phenoxy) is 4. The molecule has 2 aliphatic heterocycles. The Morgan fingerprint density at radius 3 is 2.54 bits per heavy atom. The van der Waals surface area contributed by atoms with Crippen LogP contribution in [0.4, 0.5) is 0 Å². The number of amides is 1. The summed E-state index contributed by atoms with van der Waals surface area (Å²) in [6, 6.07) is 13.1. The lowest BCUT2D eigenvalue weighted by atomic mass is 9.55. The molecule has 0 aromatic heterocycles. The van der Waals surface area contributed by atoms with E-state index in [-0.39, 0.29) is 55.8 Å². The van der Waals surface area contributed by atoms with Crippen molar-refractivity contribution >= 4 is 11.6 Å². The molecule has 4 aliphatic rings. The molecule has 0 bridgehead atoms. The molecule has 2 fully saturated rings. The number of aliphatic hydroxyl groups is 2. The third-order valence-corrected chi connectivity index (χ3v) is 11.6. The molecule has 2 aliphatic carbocycles. The summed E-state index contributed by atoms with van der Waals surface area (Å²) in [6.45, 7) is 14.1. The van der Waals surface area contributed by atoms with Crippen molar-refractivity contribution in [2.75, 3.05) is 60.2 Å². The normalized spacial score (nSPS) is 26.0. The maximum atomic E-state index is 14.5. The molecule has 306 valence electrons. The molecule has 2 aromatic carbocycles. The second-order valence-corrected chi connectivity index (χ2v) is 16.7. The van der Waals surface area contributed by atoms with Crippen LogP contribution in [-0.2, 0) is 20.8 Å². The fourth-order valence-corrected chi connectivity index (χ4v) is 8.85. The average molecular weight is 774 g/mol. The number of carbonyl (C=O) groups excluding carboxylic acids is 1. The van der Waals surface area contributed by atoms with E-state index in [0.29, 0.717) is 37.4 Å². The molecule has 0 spiro atoms. The number of unbranched alkanes of at least 4 members (excludes halogenated alkanes) is 2. The van der Waals surface area contributed by atoms with E-state index in [1.807, 2.05) is 64.2 Å². The van der Waals surface area contributed by atoms with Gasteiger partial charge in [0.15, 0.2) is 0 Å². The van der Waals surface area contributed by atoms with Crippen LogP contribution in [0.3, 0.4) is 0 Å². The predicted molar refractivity (Wildman–Crippen MR) is 217 cm³/mol. The number of fused-ring (bicyclic) bond motifs is 2. The van der Waals surface area contributed by atoms with Gasteiger partial charge in [-0.15, -0.1) is 6.58 Å². The van der Waals surface area contributed by atoms with Gasteiger partial charge in [-0.3, -0.25) is 9.69 Å². The second-order valence-electron chi connectivity index (χ2n) is 16.7. The molecule has 1 saturated heterocycles. The molecule has 6 rings (SSSR count). The lowest BCUT2D eigenvalue weighted by molar-refractivity contribution is -0.255. The topological polar surface area (TPSA) is 122 Å². The maximum Gasteiger partial charge on any atom is 0.239 e. The molecule has 1 amide bonds. The van der Waals surface area contributed by atoms with Crippen molar-refractivity contribution in [3.8, 4) is 17.2 Å². The zero-order chi connectivity index (χ0) is 39.9. The third-order valence-electron chi connectivity index (χ3n) is 11.6. The molecule has 2 N–H and O–H groups in total. The van der Waals surface area contributed by atoms with E-state index in [1.54, 1.807) is 18.1 Å². The SMILES string of the molecule is C=CCO[C@@]12Oc3ccc(OCCN4CC4)cc3[C@H]3[C@H](CCCCO)[C@@H](CCCCO)C=C(C(=NOC(C)(C)C)C[C@@H]1N(C)C(=O)Cc1cccc(OC)c1)[C@H]32. The zero-order valence-electron chi connectivity index (χ0n) is 34.1. The van der Waals surface area contributed by atoms with Crippen LogP contribution in [0.2, 0.25) is 0 Å². The monoisotopic (exact) mass is 773 g/mol. The number of methoxy groups -OCH3 is 1. The van der Waals surface area contributed by atoms with Crippen LogP contribution in [0, 0.1) is 17.8 Å². The van der Waals surface area contributed by atoms with E-state index in [0.717, 1.165) is 73.5 Å². The van der Waals surface area contributed by atoms with Crippen LogP contribution < -0.4 is 14.2 Å². The van der Waals surface area contributed by atoms with Crippen molar-refractivity contribution in [3.05, 3.63) is 77.9 Å². The van der Waals surface area contributed by atoms with Crippen molar-refractivity contribution in [1.29, 1.82) is 0 Å². The molecule has 0 radical (unpaired) electrons. The maximum absolute atomic E-state index is 14.5. The molecule has 0 unspecified atom stereocenters. The highest BCUT2D eigenvalue weighted by molar-refractivity contribution is 6.03. The first-order valence-corrected chi connectivity index (χ1v) is 20.5. The van der Waals surface area contributed by atoms with Crippen molar-refractivity contribution in [2.24, 2.45) is 22.9 Å². The zero-order valence-corrected chi connectivity index (χ0v) is 34.1. The number of hydrogen-bond acceptors (Lipinski definition) is 10. The minimum Gasteiger partial charge on any atom is -0.497 e. The number of hydrogen-bond donors (Lipinski definition) is 2. The number of oxime groups is 1. The Labute approximate surface area is 333 Å². The van der Waals surface area contributed by atoms with Gasteiger partial charge in [-0.2, -0.15) is 0 Å². The van der Waals surface area contributed by atoms with E-state index in [9.17, 15) is 15.0 Å². The summed E-state index contributed by atoms with van der Waals surface area (Å²) < 4.78 is 26.1. The first-order valence-electron chi connectivity index (χ1n) is 20.5. The Balaban J connectivity index is 1.52. The standard InChI is InChI=1S/C45H63N3O8/c1-7-24-54-45-40(47(5)41(51)27-31-13-12-15-33(26-31)52-6)30-38(46-56-44(2,3)4)36-28-32(14-8-10-22-49)35(16-9-11-23-50)42(43(36)45)37-29-34(17-18-39(37)55-45)53-25-21-48-19-20-48/h7,12-13,15,17-18,26,28-29,32,35,40,42-43,49-50H,1,8-11,14,16,19-25,27,30H2,2-6H3/t32-,35+,40-,42+,43+,45+/m0/s1. The Bertz CT molecular complexity index is 1720. The quantitative estimate of drug-likeness (QED) is 0.0671. The van der Waals surface area contributed by atoms with Crippen molar-refractivity contribution < 1.29 is 38.8 Å². The first kappa shape index (κ1) is 41.7. The van der Waals surface area contributed by atoms with Crippen LogP contribution in [-0.4, -0.2) is 109 Å². The lowest BCUT2D eigenvalue weighted by Crippen LogP contribution is -2.69. The minimum absolute atomic E-state index is 0.0911. The Kier molecular flexibility index (Phi) is 13.8. The van der Waals surface area contributed by atoms with Gasteiger partial charge in [0, 0.05) is 57.8 Å². The summed E-state index contributed by atoms with van der Waals surface area (Å²) in [6.07, 6.45) is 9.49. The molecule has 11 nitrogen and oxygen atoms in total. The fraction of sp³-hybridized carbons (Fsp3) is 0.600. The Hall–Kier alpha value is -3.90. The van der Waals surface area contributed by atoms with Gasteiger partial charge in [-0.25, -0.2) is 0 Å². The molecule has 11 heteroatoms. The second kappa shape index (κ2) is 18.6. The van der Waals surface area contributed by atoms with Crippen molar-refractivity contribution in [3.63, 3.8) is 0 Å². The molecule has 1 saturated carbocycles. The van der Waals surface area contributed by atoms with E-state index < -0.39 is 17.4 Å². The largest absolute Gasteiger partial charge is 0.497 e. The van der Waals surface area contributed by atoms with Crippen LogP contribution in [0.5, 0.6) is 17.2 Å². The summed E-state index contributed by atoms with van der Waals surface area (Å²) in [7, 11) is 3.46. The van der Waals surface area contributed by atoms with Gasteiger partial charge in [0.1, 0.15) is 35.5 Å². The number of nitrogens with zero attached hydrogens (tertiary/aromatic N) is 3. The van der Waals surface area contributed by atoms with Crippen LogP contribution in [0.15, 0.2) is 71.9 Å². The van der Waals surface area contributed by atoms with Gasteiger partial charge < -0.3 is 38.9 Å². The lowest BCUT2D eigenvalue weighted by Gasteiger charge is -2.59. The smallest absolute Gasteiger partial charge is 0.239 e. The third kappa shape index (κ3) is 9.61. The van der Waals surface area contributed by atoms with Gasteiger partial charge in [-0.05, 0) is 99.8 Å². The molecule has 6 atom stereocenters. The van der Waals surface area contributed by atoms with Crippen molar-refractivity contribution in [2.45, 2.75) is 95.5 Å². The molecular weight excluding hydrogens is 711 g/mol. The number of aliphatic hydroxyl groups excluding tert-OH is 2. The van der Waals surface area contributed by atoms with Gasteiger partial charge in [0.25, 0.3) is 0 Å². The van der Waals surface area contributed by atoms with Gasteiger partial charge in [0.2, 0.25) is 11.7 Å². The van der Waals surface area contributed by atoms with Crippen LogP contribution >= 0.6 is 0 Å². The summed E-state index contributed by atoms with van der Waals surface area (Å²) >= 11 is 0. The summed E-state index contributed by atoms with van der Waals surface area (Å²) in [5.41, 5.74) is 3.13. The molecule has 2 heterocycles. The Morgan fingerprint density at radius 2 is 1.84 bits per heavy atom. The number of rotatable bonds is 20. The summed E-state index contributed by atoms with van der Waals surface area (Å²) in [4.78, 5) is 24.8. The predicted octanol–water partition coefficient (Wildman–Crippen LogP) is 6.52. The molecule has 2 aromatic rings. The number of likely N-dealkylation sites (N-methyl/N-ethyl adjacent to an activating group) is 1. The fourth-order valence-electron chi connectivity index (χ4n) is 8.85. The van der Waals surface area contributed by atoms with E-state index >= 15 is 0 Å². The highest BCUT2D eigenvalue weighted by Gasteiger charge is 2.65. The van der Waals surface area contributed by atoms with Crippen LogP contribution in [0.25, 0.3) is 0 Å². The van der Waals surface area contributed by atoms with Crippen LogP contribution in [0.1, 0.15) is 82.8 Å². The van der Waals surface area contributed by atoms with Gasteiger partial charge in [-0.1, -0.05) is 42.3 Å². The highest BCUT2D eigenvalue weighted by atomic mass is 16.7. The summed E-state index contributed by atoms with van der Waals surface area (Å²) in [5, 5.41) is 24.6. The number of carbonyl (C=O) groups is 1. The summed E-state index contributed by atoms with van der Waals surface area (Å²) in [5.74, 6) is 0.603. The highest BCUT2D eigenvalue weighted by Crippen LogP contribution is 2.61. The first-order chi connectivity index (χ1) is 27.0. The van der Waals surface area contributed by atoms with E-state index in [4.69, 9.17) is 28.9 Å². The van der Waals surface area contributed by atoms with E-state index in [1.165, 1.54) is 0 Å². The number of benzene rings is 2. The average Bonchev–Trinajstić information content (AvgIpc) is 4.01. The Morgan fingerprint density at radius 1 is 1.07 bits per heavy atom. The van der Waals surface area contributed by atoms with Gasteiger partial charge >= 0.3 is 0 Å². The minimum atomic E-state index is -1.30. The van der Waals surface area contributed by atoms with E-state index in [2.05, 4.69) is 23.6 Å². The molecular formula is C45H63N3O8. The van der Waals surface area contributed by atoms with Crippen molar-refractivity contribution in [1.82, 2.24) is 9.80 Å². The van der Waals surface area contributed by atoms with Gasteiger partial charge in [0.05, 0.1) is 31.8 Å². The number of allylic oxidation sites excluding steroid dienone is 1. The molecule has 56 heavy (non-hydrogen) atoms.